The summed E-state index contributed by atoms with van der Waals surface area (Å²) in [6.45, 7) is 11.6. The van der Waals surface area contributed by atoms with Crippen LogP contribution in [0.1, 0.15) is 53.9 Å². The second-order valence-corrected chi connectivity index (χ2v) is 4.88. The van der Waals surface area contributed by atoms with Gasteiger partial charge in [-0.15, -0.1) is 0 Å². The molecular weight excluding hydrogens is 190 g/mol. The summed E-state index contributed by atoms with van der Waals surface area (Å²) in [5, 5.41) is 0. The maximum atomic E-state index is 11.4. The Labute approximate surface area is 93.8 Å². The second kappa shape index (κ2) is 6.70. The zero-order valence-electron chi connectivity index (χ0n) is 10.8. The van der Waals surface area contributed by atoms with Gasteiger partial charge in [-0.05, 0) is 33.6 Å². The number of likely N-dealkylation sites (tertiary alicyclic amines) is 1. The van der Waals surface area contributed by atoms with Crippen LogP contribution in [0.25, 0.3) is 0 Å². The fourth-order valence-electron chi connectivity index (χ4n) is 1.23. The van der Waals surface area contributed by atoms with E-state index in [1.165, 1.54) is 6.42 Å². The van der Waals surface area contributed by atoms with Crippen LogP contribution < -0.4 is 0 Å². The van der Waals surface area contributed by atoms with Crippen LogP contribution in [0.3, 0.4) is 0 Å². The molecule has 1 heterocycles. The number of ether oxygens (including phenoxy) is 1. The number of nitrogens with zero attached hydrogens (tertiary/aromatic N) is 1. The van der Waals surface area contributed by atoms with Gasteiger partial charge in [-0.25, -0.2) is 4.79 Å². The standard InChI is InChI=1S/C9H17NO2.C3H8/c1-9(2,3)12-8(11)10-6-4-5-7-10;1-3-2/h4-7H2,1-3H3;3H2,1-2H3. The van der Waals surface area contributed by atoms with E-state index in [0.717, 1.165) is 25.9 Å². The lowest BCUT2D eigenvalue weighted by atomic mass is 10.2. The lowest BCUT2D eigenvalue weighted by Crippen LogP contribution is -2.34. The highest BCUT2D eigenvalue weighted by Gasteiger charge is 2.23. The zero-order chi connectivity index (χ0) is 11.9. The van der Waals surface area contributed by atoms with Gasteiger partial charge >= 0.3 is 6.09 Å². The van der Waals surface area contributed by atoms with Crippen LogP contribution in [0.5, 0.6) is 0 Å². The van der Waals surface area contributed by atoms with Gasteiger partial charge in [0.15, 0.2) is 0 Å². The van der Waals surface area contributed by atoms with E-state index in [9.17, 15) is 4.79 Å². The molecule has 3 heteroatoms. The topological polar surface area (TPSA) is 29.5 Å². The van der Waals surface area contributed by atoms with Crippen LogP contribution in [0.4, 0.5) is 4.79 Å². The summed E-state index contributed by atoms with van der Waals surface area (Å²) in [6, 6.07) is 0. The van der Waals surface area contributed by atoms with Gasteiger partial charge in [0.1, 0.15) is 5.60 Å². The Morgan fingerprint density at radius 1 is 1.20 bits per heavy atom. The van der Waals surface area contributed by atoms with Crippen molar-refractivity contribution in [2.45, 2.75) is 59.5 Å². The fraction of sp³-hybridized carbons (Fsp3) is 0.917. The van der Waals surface area contributed by atoms with E-state index in [2.05, 4.69) is 13.8 Å². The number of rotatable bonds is 0. The zero-order valence-corrected chi connectivity index (χ0v) is 10.8. The first-order valence-electron chi connectivity index (χ1n) is 5.88. The van der Waals surface area contributed by atoms with Crippen molar-refractivity contribution < 1.29 is 9.53 Å². The average molecular weight is 215 g/mol. The summed E-state index contributed by atoms with van der Waals surface area (Å²) >= 11 is 0. The Bertz CT molecular complexity index is 179. The molecule has 0 spiro atoms. The minimum atomic E-state index is -0.361. The molecule has 0 bridgehead atoms. The van der Waals surface area contributed by atoms with Crippen LogP contribution in [0, 0.1) is 0 Å². The van der Waals surface area contributed by atoms with Gasteiger partial charge in [0, 0.05) is 13.1 Å². The van der Waals surface area contributed by atoms with E-state index >= 15 is 0 Å². The van der Waals surface area contributed by atoms with E-state index in [1.54, 1.807) is 4.90 Å². The number of amides is 1. The van der Waals surface area contributed by atoms with Gasteiger partial charge in [-0.2, -0.15) is 0 Å². The van der Waals surface area contributed by atoms with Crippen molar-refractivity contribution in [1.82, 2.24) is 4.90 Å². The van der Waals surface area contributed by atoms with Gasteiger partial charge in [-0.3, -0.25) is 0 Å². The molecule has 1 saturated heterocycles. The maximum Gasteiger partial charge on any atom is 0.410 e. The Kier molecular flexibility index (Phi) is 6.37. The molecular formula is C12H25NO2. The molecule has 1 aliphatic heterocycles. The summed E-state index contributed by atoms with van der Waals surface area (Å²) in [5.74, 6) is 0. The fourth-order valence-corrected chi connectivity index (χ4v) is 1.23. The van der Waals surface area contributed by atoms with Crippen LogP contribution in [0.2, 0.25) is 0 Å². The lowest BCUT2D eigenvalue weighted by Gasteiger charge is -2.23. The predicted octanol–water partition coefficient (Wildman–Crippen LogP) is 3.43. The predicted molar refractivity (Wildman–Crippen MR) is 63.0 cm³/mol. The highest BCUT2D eigenvalue weighted by Crippen LogP contribution is 2.14. The van der Waals surface area contributed by atoms with Crippen molar-refractivity contribution in [3.05, 3.63) is 0 Å². The first kappa shape index (κ1) is 14.3. The molecule has 1 fully saturated rings. The van der Waals surface area contributed by atoms with Crippen LogP contribution in [-0.2, 0) is 4.74 Å². The minimum absolute atomic E-state index is 0.167. The molecule has 0 aromatic rings. The Morgan fingerprint density at radius 2 is 1.60 bits per heavy atom. The lowest BCUT2D eigenvalue weighted by molar-refractivity contribution is 0.0295. The molecule has 3 nitrogen and oxygen atoms in total. The van der Waals surface area contributed by atoms with Gasteiger partial charge in [0.05, 0.1) is 0 Å². The van der Waals surface area contributed by atoms with Crippen LogP contribution in [0.15, 0.2) is 0 Å². The van der Waals surface area contributed by atoms with E-state index in [1.807, 2.05) is 20.8 Å². The molecule has 0 N–H and O–H groups in total. The third-order valence-corrected chi connectivity index (χ3v) is 1.76. The molecule has 90 valence electrons. The monoisotopic (exact) mass is 215 g/mol. The highest BCUT2D eigenvalue weighted by molar-refractivity contribution is 5.68. The summed E-state index contributed by atoms with van der Waals surface area (Å²) in [6.07, 6.45) is 3.30. The van der Waals surface area contributed by atoms with Crippen molar-refractivity contribution in [1.29, 1.82) is 0 Å². The average Bonchev–Trinajstić information content (AvgIpc) is 2.53. The molecule has 0 aromatic carbocycles. The highest BCUT2D eigenvalue weighted by atomic mass is 16.6. The second-order valence-electron chi connectivity index (χ2n) is 4.88. The van der Waals surface area contributed by atoms with Crippen molar-refractivity contribution in [2.75, 3.05) is 13.1 Å². The number of hydrogen-bond acceptors (Lipinski definition) is 2. The van der Waals surface area contributed by atoms with Crippen LogP contribution in [-0.4, -0.2) is 29.7 Å². The summed E-state index contributed by atoms with van der Waals surface area (Å²) in [5.41, 5.74) is -0.361. The number of carbonyl (C=O) groups excluding carboxylic acids is 1. The van der Waals surface area contributed by atoms with Gasteiger partial charge in [0.2, 0.25) is 0 Å². The quantitative estimate of drug-likeness (QED) is 0.619. The molecule has 15 heavy (non-hydrogen) atoms. The van der Waals surface area contributed by atoms with Crippen molar-refractivity contribution in [3.63, 3.8) is 0 Å². The van der Waals surface area contributed by atoms with Crippen molar-refractivity contribution in [3.8, 4) is 0 Å². The minimum Gasteiger partial charge on any atom is -0.444 e. The van der Waals surface area contributed by atoms with Gasteiger partial charge in [0.25, 0.3) is 0 Å². The Morgan fingerprint density at radius 3 is 1.93 bits per heavy atom. The first-order valence-corrected chi connectivity index (χ1v) is 5.88. The smallest absolute Gasteiger partial charge is 0.410 e. The largest absolute Gasteiger partial charge is 0.444 e. The van der Waals surface area contributed by atoms with E-state index in [0.29, 0.717) is 0 Å². The maximum absolute atomic E-state index is 11.4. The molecule has 0 saturated carbocycles. The van der Waals surface area contributed by atoms with E-state index in [-0.39, 0.29) is 11.7 Å². The van der Waals surface area contributed by atoms with Crippen molar-refractivity contribution >= 4 is 6.09 Å². The van der Waals surface area contributed by atoms with Gasteiger partial charge < -0.3 is 9.64 Å². The van der Waals surface area contributed by atoms with E-state index < -0.39 is 0 Å². The SMILES string of the molecule is CC(C)(C)OC(=O)N1CCCC1.CCC. The van der Waals surface area contributed by atoms with E-state index in [4.69, 9.17) is 4.74 Å². The molecule has 0 radical (unpaired) electrons. The summed E-state index contributed by atoms with van der Waals surface area (Å²) in [7, 11) is 0. The molecule has 0 aliphatic carbocycles. The normalized spacial score (nSPS) is 15.7. The third-order valence-electron chi connectivity index (χ3n) is 1.76. The molecule has 0 unspecified atom stereocenters. The van der Waals surface area contributed by atoms with Gasteiger partial charge in [-0.1, -0.05) is 20.3 Å². The summed E-state index contributed by atoms with van der Waals surface area (Å²) in [4.78, 5) is 13.1. The Balaban J connectivity index is 0.000000583. The molecule has 1 amide bonds. The molecule has 1 aliphatic rings. The number of hydrogen-bond donors (Lipinski definition) is 0. The summed E-state index contributed by atoms with van der Waals surface area (Å²) < 4.78 is 5.21. The molecule has 1 rings (SSSR count). The Hall–Kier alpha value is -0.730. The van der Waals surface area contributed by atoms with Crippen LogP contribution >= 0.6 is 0 Å². The van der Waals surface area contributed by atoms with Crippen molar-refractivity contribution in [2.24, 2.45) is 0 Å². The molecule has 0 aromatic heterocycles. The number of carbonyl (C=O) groups is 1. The third kappa shape index (κ3) is 7.23. The first-order chi connectivity index (χ1) is 6.90. The molecule has 0 atom stereocenters.